The van der Waals surface area contributed by atoms with Gasteiger partial charge >= 0.3 is 0 Å². The zero-order chi connectivity index (χ0) is 17.5. The molecule has 2 N–H and O–H groups in total. The summed E-state index contributed by atoms with van der Waals surface area (Å²) in [4.78, 5) is 12.1. The summed E-state index contributed by atoms with van der Waals surface area (Å²) in [5.41, 5.74) is 1.22. The molecule has 1 amide bonds. The predicted molar refractivity (Wildman–Crippen MR) is 97.1 cm³/mol. The van der Waals surface area contributed by atoms with Gasteiger partial charge in [0.1, 0.15) is 11.6 Å². The van der Waals surface area contributed by atoms with E-state index in [2.05, 4.69) is 10.6 Å². The van der Waals surface area contributed by atoms with Crippen LogP contribution in [0.25, 0.3) is 0 Å². The summed E-state index contributed by atoms with van der Waals surface area (Å²) in [6.45, 7) is 0.452. The van der Waals surface area contributed by atoms with Crippen LogP contribution in [0.5, 0.6) is 0 Å². The molecule has 7 heteroatoms. The number of nitrogens with zero attached hydrogens (tertiary/aromatic N) is 1. The monoisotopic (exact) mass is 379 g/mol. The van der Waals surface area contributed by atoms with E-state index >= 15 is 0 Å². The lowest BCUT2D eigenvalue weighted by molar-refractivity contribution is -0.112. The van der Waals surface area contributed by atoms with Crippen LogP contribution in [0.4, 0.5) is 5.69 Å². The smallest absolute Gasteiger partial charge is 0.267 e. The number of nitriles is 1. The van der Waals surface area contributed by atoms with Gasteiger partial charge in [0.2, 0.25) is 0 Å². The van der Waals surface area contributed by atoms with Gasteiger partial charge in [0.15, 0.2) is 0 Å². The van der Waals surface area contributed by atoms with E-state index in [1.807, 2.05) is 18.2 Å². The number of carbonyl (C=O) groups excluding carboxylic acids is 1. The number of hydrogen-bond donors (Lipinski definition) is 2. The number of rotatable bonds is 5. The molecule has 0 fully saturated rings. The molecule has 0 unspecified atom stereocenters. The lowest BCUT2D eigenvalue weighted by Crippen LogP contribution is -2.16. The second kappa shape index (κ2) is 8.60. The van der Waals surface area contributed by atoms with Gasteiger partial charge in [-0.2, -0.15) is 5.26 Å². The number of halogens is 3. The van der Waals surface area contributed by atoms with Gasteiger partial charge in [-0.15, -0.1) is 0 Å². The van der Waals surface area contributed by atoms with E-state index in [9.17, 15) is 4.79 Å². The van der Waals surface area contributed by atoms with Gasteiger partial charge in [0, 0.05) is 17.8 Å². The highest BCUT2D eigenvalue weighted by Gasteiger charge is 2.12. The average molecular weight is 381 g/mol. The van der Waals surface area contributed by atoms with E-state index < -0.39 is 5.91 Å². The first kappa shape index (κ1) is 18.2. The molecule has 0 bridgehead atoms. The van der Waals surface area contributed by atoms with Gasteiger partial charge in [-0.1, -0.05) is 53.0 Å². The molecule has 4 nitrogen and oxygen atoms in total. The number of hydrogen-bond acceptors (Lipinski definition) is 3. The Morgan fingerprint density at radius 1 is 1.12 bits per heavy atom. The number of benzene rings is 2. The topological polar surface area (TPSA) is 64.9 Å². The van der Waals surface area contributed by atoms with Crippen LogP contribution in [-0.2, 0) is 11.3 Å². The molecule has 2 aromatic rings. The second-order valence-corrected chi connectivity index (χ2v) is 5.95. The van der Waals surface area contributed by atoms with E-state index in [0.29, 0.717) is 22.3 Å². The summed E-state index contributed by atoms with van der Waals surface area (Å²) in [5, 5.41) is 15.8. The maximum atomic E-state index is 12.1. The van der Waals surface area contributed by atoms with Crippen molar-refractivity contribution in [1.29, 1.82) is 5.26 Å². The van der Waals surface area contributed by atoms with Crippen LogP contribution in [0.15, 0.2) is 54.2 Å². The fourth-order valence-electron chi connectivity index (χ4n) is 1.81. The molecule has 0 atom stereocenters. The van der Waals surface area contributed by atoms with Crippen molar-refractivity contribution >= 4 is 46.4 Å². The molecule has 24 heavy (non-hydrogen) atoms. The van der Waals surface area contributed by atoms with E-state index in [4.69, 9.17) is 40.1 Å². The van der Waals surface area contributed by atoms with E-state index in [1.54, 1.807) is 30.3 Å². The molecule has 0 heterocycles. The molecule has 0 aliphatic rings. The Hall–Kier alpha value is -2.19. The van der Waals surface area contributed by atoms with Crippen LogP contribution < -0.4 is 10.6 Å². The van der Waals surface area contributed by atoms with E-state index in [1.165, 1.54) is 6.20 Å². The molecule has 122 valence electrons. The quantitative estimate of drug-likeness (QED) is 0.579. The van der Waals surface area contributed by atoms with E-state index in [-0.39, 0.29) is 10.6 Å². The molecular weight excluding hydrogens is 369 g/mol. The highest BCUT2D eigenvalue weighted by Crippen LogP contribution is 2.29. The van der Waals surface area contributed by atoms with Gasteiger partial charge in [-0.3, -0.25) is 4.79 Å². The Bertz CT molecular complexity index is 811. The lowest BCUT2D eigenvalue weighted by atomic mass is 10.2. The minimum absolute atomic E-state index is 0.0833. The Kier molecular flexibility index (Phi) is 6.51. The molecule has 0 aliphatic carbocycles. The van der Waals surface area contributed by atoms with Crippen LogP contribution in [-0.4, -0.2) is 5.91 Å². The third-order valence-electron chi connectivity index (χ3n) is 3.03. The molecule has 0 spiro atoms. The van der Waals surface area contributed by atoms with Crippen molar-refractivity contribution in [3.8, 4) is 6.07 Å². The SMILES string of the molecule is N#C/C(=C/NCc1ccc(Cl)cc1)C(=O)Nc1cccc(Cl)c1Cl. The van der Waals surface area contributed by atoms with Gasteiger partial charge in [0.05, 0.1) is 15.7 Å². The fourth-order valence-corrected chi connectivity index (χ4v) is 2.29. The van der Waals surface area contributed by atoms with Gasteiger partial charge in [0.25, 0.3) is 5.91 Å². The summed E-state index contributed by atoms with van der Waals surface area (Å²) in [5.74, 6) is -0.578. The molecular formula is C17H12Cl3N3O. The third kappa shape index (κ3) is 4.90. The first-order chi connectivity index (χ1) is 11.5. The maximum Gasteiger partial charge on any atom is 0.267 e. The first-order valence-corrected chi connectivity index (χ1v) is 7.98. The highest BCUT2D eigenvalue weighted by molar-refractivity contribution is 6.44. The number of anilines is 1. The van der Waals surface area contributed by atoms with Crippen LogP contribution in [0, 0.1) is 11.3 Å². The lowest BCUT2D eigenvalue weighted by Gasteiger charge is -2.08. The molecule has 0 saturated heterocycles. The summed E-state index contributed by atoms with van der Waals surface area (Å²) >= 11 is 17.7. The molecule has 2 rings (SSSR count). The van der Waals surface area contributed by atoms with Gasteiger partial charge < -0.3 is 10.6 Å². The van der Waals surface area contributed by atoms with Crippen LogP contribution in [0.3, 0.4) is 0 Å². The standard InChI is InChI=1S/C17H12Cl3N3O/c18-13-6-4-11(5-7-13)9-22-10-12(8-21)17(24)23-15-3-1-2-14(19)16(15)20/h1-7,10,22H,9H2,(H,23,24)/b12-10-. The molecule has 0 saturated carbocycles. The Labute approximate surface area is 154 Å². The van der Waals surface area contributed by atoms with Crippen LogP contribution >= 0.6 is 34.8 Å². The van der Waals surface area contributed by atoms with Crippen molar-refractivity contribution in [2.45, 2.75) is 6.54 Å². The summed E-state index contributed by atoms with van der Waals surface area (Å²) in [7, 11) is 0. The van der Waals surface area contributed by atoms with Crippen molar-refractivity contribution in [2.24, 2.45) is 0 Å². The largest absolute Gasteiger partial charge is 0.386 e. The molecule has 0 radical (unpaired) electrons. The van der Waals surface area contributed by atoms with Crippen molar-refractivity contribution in [3.05, 3.63) is 74.9 Å². The highest BCUT2D eigenvalue weighted by atomic mass is 35.5. The Morgan fingerprint density at radius 3 is 2.50 bits per heavy atom. The zero-order valence-corrected chi connectivity index (χ0v) is 14.6. The Balaban J connectivity index is 2.01. The first-order valence-electron chi connectivity index (χ1n) is 6.84. The maximum absolute atomic E-state index is 12.1. The number of nitrogens with one attached hydrogen (secondary N) is 2. The minimum Gasteiger partial charge on any atom is -0.386 e. The van der Waals surface area contributed by atoms with E-state index in [0.717, 1.165) is 5.56 Å². The normalized spacial score (nSPS) is 10.8. The fraction of sp³-hybridized carbons (Fsp3) is 0.0588. The number of amides is 1. The molecule has 2 aromatic carbocycles. The van der Waals surface area contributed by atoms with Crippen molar-refractivity contribution in [3.63, 3.8) is 0 Å². The second-order valence-electron chi connectivity index (χ2n) is 4.73. The van der Waals surface area contributed by atoms with Crippen molar-refractivity contribution < 1.29 is 4.79 Å². The molecule has 0 aromatic heterocycles. The third-order valence-corrected chi connectivity index (χ3v) is 4.10. The number of carbonyl (C=O) groups is 1. The molecule has 0 aliphatic heterocycles. The van der Waals surface area contributed by atoms with Gasteiger partial charge in [-0.05, 0) is 29.8 Å². The van der Waals surface area contributed by atoms with Crippen molar-refractivity contribution in [1.82, 2.24) is 5.32 Å². The Morgan fingerprint density at radius 2 is 1.83 bits per heavy atom. The average Bonchev–Trinajstić information content (AvgIpc) is 2.57. The minimum atomic E-state index is -0.578. The zero-order valence-electron chi connectivity index (χ0n) is 12.3. The summed E-state index contributed by atoms with van der Waals surface area (Å²) in [6, 6.07) is 13.9. The predicted octanol–water partition coefficient (Wildman–Crippen LogP) is 4.78. The van der Waals surface area contributed by atoms with Crippen LogP contribution in [0.2, 0.25) is 15.1 Å². The van der Waals surface area contributed by atoms with Gasteiger partial charge in [-0.25, -0.2) is 0 Å². The summed E-state index contributed by atoms with van der Waals surface area (Å²) < 4.78 is 0. The van der Waals surface area contributed by atoms with Crippen molar-refractivity contribution in [2.75, 3.05) is 5.32 Å². The summed E-state index contributed by atoms with van der Waals surface area (Å²) in [6.07, 6.45) is 1.35. The van der Waals surface area contributed by atoms with Crippen LogP contribution in [0.1, 0.15) is 5.56 Å².